The molecule has 0 aliphatic heterocycles. The number of halogens is 1. The Morgan fingerprint density at radius 2 is 1.94 bits per heavy atom. The average molecular weight is 471 g/mol. The summed E-state index contributed by atoms with van der Waals surface area (Å²) in [5.41, 5.74) is 2.49. The summed E-state index contributed by atoms with van der Waals surface area (Å²) < 4.78 is 20.8. The lowest BCUT2D eigenvalue weighted by atomic mass is 10.2. The molecule has 7 nitrogen and oxygen atoms in total. The number of H-pyrrole nitrogens is 1. The molecule has 32 heavy (non-hydrogen) atoms. The fourth-order valence-corrected chi connectivity index (χ4v) is 6.03. The van der Waals surface area contributed by atoms with E-state index in [1.54, 1.807) is 48.5 Å². The third kappa shape index (κ3) is 4.15. The number of aromatic amines is 1. The zero-order chi connectivity index (χ0) is 22.9. The highest BCUT2D eigenvalue weighted by Crippen LogP contribution is 2.47. The first-order valence-electron chi connectivity index (χ1n) is 9.84. The van der Waals surface area contributed by atoms with E-state index in [4.69, 9.17) is 16.1 Å². The van der Waals surface area contributed by atoms with Crippen molar-refractivity contribution in [2.45, 2.75) is 13.5 Å². The Kier molecular flexibility index (Phi) is 6.07. The fourth-order valence-electron chi connectivity index (χ4n) is 3.59. The minimum absolute atomic E-state index is 0.155. The van der Waals surface area contributed by atoms with Gasteiger partial charge in [-0.3, -0.25) is 14.6 Å². The van der Waals surface area contributed by atoms with Crippen LogP contribution in [0.25, 0.3) is 10.9 Å². The second-order valence-corrected chi connectivity index (χ2v) is 10.2. The van der Waals surface area contributed by atoms with Crippen molar-refractivity contribution in [1.82, 2.24) is 10.3 Å². The molecule has 3 N–H and O–H groups in total. The highest BCUT2D eigenvalue weighted by Gasteiger charge is 2.36. The van der Waals surface area contributed by atoms with Crippen LogP contribution in [-0.2, 0) is 15.6 Å². The predicted octanol–water partition coefficient (Wildman–Crippen LogP) is 3.46. The van der Waals surface area contributed by atoms with E-state index in [-0.39, 0.29) is 17.5 Å². The summed E-state index contributed by atoms with van der Waals surface area (Å²) in [6.07, 6.45) is 2.93. The van der Waals surface area contributed by atoms with Crippen LogP contribution in [-0.4, -0.2) is 23.2 Å². The third-order valence-electron chi connectivity index (χ3n) is 5.19. The second-order valence-electron chi connectivity index (χ2n) is 7.38. The summed E-state index contributed by atoms with van der Waals surface area (Å²) in [7, 11) is -2.25. The molecule has 0 aliphatic rings. The van der Waals surface area contributed by atoms with Crippen molar-refractivity contribution in [3.63, 3.8) is 0 Å². The maximum Gasteiger partial charge on any atom is 0.268 e. The van der Waals surface area contributed by atoms with E-state index in [1.807, 2.05) is 13.0 Å². The summed E-state index contributed by atoms with van der Waals surface area (Å²) in [4.78, 5) is 16.3. The molecule has 1 amide bonds. The molecule has 164 valence electrons. The van der Waals surface area contributed by atoms with E-state index >= 15 is 0 Å². The molecule has 1 atom stereocenters. The fraction of sp³-hybridized carbons (Fsp3) is 0.130. The van der Waals surface area contributed by atoms with Gasteiger partial charge in [0.2, 0.25) is 12.4 Å². The van der Waals surface area contributed by atoms with E-state index in [0.717, 1.165) is 15.9 Å². The van der Waals surface area contributed by atoms with Gasteiger partial charge in [-0.2, -0.15) is 0 Å². The van der Waals surface area contributed by atoms with Crippen LogP contribution in [0.5, 0.6) is 0 Å². The Morgan fingerprint density at radius 3 is 2.62 bits per heavy atom. The van der Waals surface area contributed by atoms with Gasteiger partial charge in [-0.25, -0.2) is 0 Å². The van der Waals surface area contributed by atoms with Crippen LogP contribution < -0.4 is 20.7 Å². The smallest absolute Gasteiger partial charge is 0.268 e. The average Bonchev–Trinajstić information content (AvgIpc) is 3.17. The van der Waals surface area contributed by atoms with Crippen LogP contribution in [0.2, 0.25) is 5.02 Å². The van der Waals surface area contributed by atoms with Gasteiger partial charge in [0.1, 0.15) is 5.69 Å². The lowest BCUT2D eigenvalue weighted by Crippen LogP contribution is -2.31. The van der Waals surface area contributed by atoms with Crippen LogP contribution in [0, 0.1) is 6.92 Å². The molecule has 2 aromatic carbocycles. The van der Waals surface area contributed by atoms with Crippen molar-refractivity contribution >= 4 is 46.4 Å². The normalized spacial score (nSPS) is 13.1. The van der Waals surface area contributed by atoms with Gasteiger partial charge in [-0.15, -0.1) is 0 Å². The number of rotatable bonds is 6. The van der Waals surface area contributed by atoms with E-state index in [0.29, 0.717) is 21.2 Å². The van der Waals surface area contributed by atoms with Crippen LogP contribution >= 0.6 is 19.0 Å². The number of carbonyl (C=O) groups excluding carboxylic acids is 1. The van der Waals surface area contributed by atoms with Crippen molar-refractivity contribution in [2.24, 2.45) is 0 Å². The lowest BCUT2D eigenvalue weighted by molar-refractivity contribution is -0.904. The minimum atomic E-state index is -3.63. The molecule has 0 spiro atoms. The predicted molar refractivity (Wildman–Crippen MR) is 123 cm³/mol. The van der Waals surface area contributed by atoms with Crippen molar-refractivity contribution < 1.29 is 23.8 Å². The van der Waals surface area contributed by atoms with Gasteiger partial charge in [0, 0.05) is 51.7 Å². The monoisotopic (exact) mass is 470 g/mol. The van der Waals surface area contributed by atoms with Crippen molar-refractivity contribution in [2.75, 3.05) is 7.11 Å². The Morgan fingerprint density at radius 1 is 1.19 bits per heavy atom. The highest BCUT2D eigenvalue weighted by atomic mass is 35.5. The summed E-state index contributed by atoms with van der Waals surface area (Å²) in [5.74, 6) is -0.432. The molecule has 0 bridgehead atoms. The standard InChI is InChI=1S/C23H21ClN3O4P/c1-15-4-3-5-18(12-15)32(30,31-2)22-19-13-17(24)6-7-20(19)26-21(22)23(28)25-14-16-8-10-27(29)11-9-16/h3-13H,14H2,1-2H3,(H2-,25,26,28,29,30)/p+1. The Balaban J connectivity index is 1.82. The topological polar surface area (TPSA) is 95.3 Å². The number of aryl methyl sites for hydroxylation is 1. The number of fused-ring (bicyclic) bond motifs is 1. The van der Waals surface area contributed by atoms with E-state index in [1.165, 1.54) is 19.5 Å². The molecule has 1 unspecified atom stereocenters. The number of pyridine rings is 1. The molecule has 9 heteroatoms. The molecule has 0 fully saturated rings. The molecule has 4 aromatic rings. The van der Waals surface area contributed by atoms with E-state index in [2.05, 4.69) is 10.3 Å². The summed E-state index contributed by atoms with van der Waals surface area (Å²) in [6.45, 7) is 2.12. The minimum Gasteiger partial charge on any atom is -0.350 e. The van der Waals surface area contributed by atoms with Gasteiger partial charge >= 0.3 is 0 Å². The number of benzene rings is 2. The van der Waals surface area contributed by atoms with Gasteiger partial charge in [0.15, 0.2) is 0 Å². The molecule has 0 radical (unpaired) electrons. The van der Waals surface area contributed by atoms with Crippen LogP contribution in [0.1, 0.15) is 21.6 Å². The zero-order valence-electron chi connectivity index (χ0n) is 17.5. The van der Waals surface area contributed by atoms with Crippen LogP contribution in [0.4, 0.5) is 0 Å². The molecule has 2 aromatic heterocycles. The van der Waals surface area contributed by atoms with Crippen molar-refractivity contribution in [3.8, 4) is 0 Å². The van der Waals surface area contributed by atoms with E-state index in [9.17, 15) is 14.6 Å². The maximum absolute atomic E-state index is 14.3. The maximum atomic E-state index is 14.3. The molecule has 0 saturated carbocycles. The first kappa shape index (κ1) is 22.1. The van der Waals surface area contributed by atoms with Crippen LogP contribution in [0.3, 0.4) is 0 Å². The Labute approximate surface area is 190 Å². The lowest BCUT2D eigenvalue weighted by Gasteiger charge is -2.18. The Hall–Kier alpha value is -3.12. The quantitative estimate of drug-likeness (QED) is 0.228. The molecule has 0 saturated heterocycles. The van der Waals surface area contributed by atoms with Gasteiger partial charge in [0.25, 0.3) is 13.3 Å². The molecule has 2 heterocycles. The molecular weight excluding hydrogens is 449 g/mol. The number of amides is 1. The first-order valence-corrected chi connectivity index (χ1v) is 11.8. The van der Waals surface area contributed by atoms with Gasteiger partial charge in [0.05, 0.1) is 5.30 Å². The number of nitrogens with one attached hydrogen (secondary N) is 2. The van der Waals surface area contributed by atoms with Gasteiger partial charge < -0.3 is 14.8 Å². The van der Waals surface area contributed by atoms with Crippen LogP contribution in [0.15, 0.2) is 67.0 Å². The number of nitrogens with zero attached hydrogens (tertiary/aromatic N) is 1. The van der Waals surface area contributed by atoms with Gasteiger partial charge in [-0.05, 0) is 42.8 Å². The Bertz CT molecular complexity index is 1350. The highest BCUT2D eigenvalue weighted by molar-refractivity contribution is 7.75. The molecular formula is C23H22ClN3O4P+. The van der Waals surface area contributed by atoms with Crippen molar-refractivity contribution in [1.29, 1.82) is 0 Å². The number of hydrogen-bond donors (Lipinski definition) is 3. The van der Waals surface area contributed by atoms with Gasteiger partial charge in [-0.1, -0.05) is 29.3 Å². The first-order chi connectivity index (χ1) is 15.3. The molecule has 0 aliphatic carbocycles. The number of aromatic nitrogens is 2. The zero-order valence-corrected chi connectivity index (χ0v) is 19.2. The summed E-state index contributed by atoms with van der Waals surface area (Å²) in [6, 6.07) is 15.7. The summed E-state index contributed by atoms with van der Waals surface area (Å²) in [5, 5.41) is 14.0. The summed E-state index contributed by atoms with van der Waals surface area (Å²) >= 11 is 6.23. The largest absolute Gasteiger partial charge is 0.350 e. The number of hydrogen-bond acceptors (Lipinski definition) is 4. The number of carbonyl (C=O) groups is 1. The third-order valence-corrected chi connectivity index (χ3v) is 7.95. The SMILES string of the molecule is COP(=O)(c1cccc(C)c1)c1c(C(=O)NCc2cc[n+](O)cc2)[nH]c2ccc(Cl)cc12. The van der Waals surface area contributed by atoms with E-state index < -0.39 is 13.3 Å². The van der Waals surface area contributed by atoms with Crippen molar-refractivity contribution in [3.05, 3.63) is 88.8 Å². The molecule has 4 rings (SSSR count). The second kappa shape index (κ2) is 8.79.